The van der Waals surface area contributed by atoms with Gasteiger partial charge in [-0.1, -0.05) is 6.07 Å². The maximum Gasteiger partial charge on any atom is 0.287 e. The highest BCUT2D eigenvalue weighted by Gasteiger charge is 2.05. The van der Waals surface area contributed by atoms with Gasteiger partial charge in [0, 0.05) is 18.3 Å². The van der Waals surface area contributed by atoms with Crippen LogP contribution in [0.25, 0.3) is 0 Å². The van der Waals surface area contributed by atoms with Gasteiger partial charge in [-0.3, -0.25) is 9.59 Å². The molecule has 4 heteroatoms. The standard InChI is InChI=1S/C9H11NO2S/c1-7(11)9(12)10-5-4-8-3-2-6-13-8/h2-3,6H,4-5H2,1H3,(H,10,12). The quantitative estimate of drug-likeness (QED) is 0.732. The molecule has 1 aromatic rings. The van der Waals surface area contributed by atoms with Gasteiger partial charge in [0.2, 0.25) is 5.78 Å². The number of rotatable bonds is 4. The number of hydrogen-bond donors (Lipinski definition) is 1. The molecule has 0 fully saturated rings. The summed E-state index contributed by atoms with van der Waals surface area (Å²) in [5, 5.41) is 4.53. The lowest BCUT2D eigenvalue weighted by Crippen LogP contribution is -2.30. The van der Waals surface area contributed by atoms with Crippen molar-refractivity contribution in [3.63, 3.8) is 0 Å². The summed E-state index contributed by atoms with van der Waals surface area (Å²) in [6, 6.07) is 3.97. The Kier molecular flexibility index (Phi) is 3.64. The van der Waals surface area contributed by atoms with Crippen molar-refractivity contribution < 1.29 is 9.59 Å². The summed E-state index contributed by atoms with van der Waals surface area (Å²) < 4.78 is 0. The molecule has 0 aliphatic carbocycles. The summed E-state index contributed by atoms with van der Waals surface area (Å²) in [6.07, 6.45) is 0.788. The van der Waals surface area contributed by atoms with Crippen LogP contribution in [0.15, 0.2) is 17.5 Å². The second kappa shape index (κ2) is 4.77. The summed E-state index contributed by atoms with van der Waals surface area (Å²) in [5.41, 5.74) is 0. The van der Waals surface area contributed by atoms with E-state index in [1.165, 1.54) is 11.8 Å². The van der Waals surface area contributed by atoms with Gasteiger partial charge in [0.1, 0.15) is 0 Å². The van der Waals surface area contributed by atoms with Crippen molar-refractivity contribution in [3.05, 3.63) is 22.4 Å². The van der Waals surface area contributed by atoms with E-state index in [1.807, 2.05) is 17.5 Å². The van der Waals surface area contributed by atoms with Gasteiger partial charge >= 0.3 is 0 Å². The highest BCUT2D eigenvalue weighted by atomic mass is 32.1. The third-order valence-corrected chi connectivity index (χ3v) is 2.49. The normalized spacial score (nSPS) is 9.62. The molecule has 0 aliphatic rings. The summed E-state index contributed by atoms with van der Waals surface area (Å²) in [7, 11) is 0. The molecule has 1 amide bonds. The Bertz CT molecular complexity index is 293. The number of carbonyl (C=O) groups excluding carboxylic acids is 2. The monoisotopic (exact) mass is 197 g/mol. The first-order valence-electron chi connectivity index (χ1n) is 4.01. The first-order valence-corrected chi connectivity index (χ1v) is 4.89. The summed E-state index contributed by atoms with van der Waals surface area (Å²) in [6.45, 7) is 1.79. The van der Waals surface area contributed by atoms with E-state index in [2.05, 4.69) is 5.32 Å². The van der Waals surface area contributed by atoms with Gasteiger partial charge in [-0.05, 0) is 17.9 Å². The van der Waals surface area contributed by atoms with E-state index in [1.54, 1.807) is 11.3 Å². The Morgan fingerprint density at radius 1 is 1.54 bits per heavy atom. The molecule has 0 aromatic carbocycles. The van der Waals surface area contributed by atoms with E-state index in [0.29, 0.717) is 6.54 Å². The molecule has 1 N–H and O–H groups in total. The van der Waals surface area contributed by atoms with Crippen LogP contribution in [0.2, 0.25) is 0 Å². The van der Waals surface area contributed by atoms with Crippen LogP contribution >= 0.6 is 11.3 Å². The van der Waals surface area contributed by atoms with E-state index in [4.69, 9.17) is 0 Å². The lowest BCUT2D eigenvalue weighted by atomic mass is 10.3. The van der Waals surface area contributed by atoms with E-state index in [0.717, 1.165) is 6.42 Å². The first kappa shape index (κ1) is 9.92. The number of Topliss-reactive ketones (excluding diaryl/α,β-unsaturated/α-hetero) is 1. The number of ketones is 1. The fourth-order valence-electron chi connectivity index (χ4n) is 0.879. The molecule has 0 unspecified atom stereocenters. The molecule has 0 spiro atoms. The van der Waals surface area contributed by atoms with Crippen LogP contribution in [-0.2, 0) is 16.0 Å². The second-order valence-corrected chi connectivity index (χ2v) is 3.67. The number of amides is 1. The smallest absolute Gasteiger partial charge is 0.287 e. The molecular formula is C9H11NO2S. The third-order valence-electron chi connectivity index (χ3n) is 1.56. The van der Waals surface area contributed by atoms with Gasteiger partial charge in [0.15, 0.2) is 0 Å². The fraction of sp³-hybridized carbons (Fsp3) is 0.333. The van der Waals surface area contributed by atoms with Crippen molar-refractivity contribution >= 4 is 23.0 Å². The van der Waals surface area contributed by atoms with Crippen molar-refractivity contribution in [1.82, 2.24) is 5.32 Å². The van der Waals surface area contributed by atoms with Crippen LogP contribution < -0.4 is 5.32 Å². The predicted molar refractivity (Wildman–Crippen MR) is 51.7 cm³/mol. The Balaban J connectivity index is 2.22. The Morgan fingerprint density at radius 3 is 2.85 bits per heavy atom. The Labute approximate surface area is 80.8 Å². The van der Waals surface area contributed by atoms with Crippen molar-refractivity contribution in [3.8, 4) is 0 Å². The van der Waals surface area contributed by atoms with Gasteiger partial charge in [0.25, 0.3) is 5.91 Å². The van der Waals surface area contributed by atoms with Crippen molar-refractivity contribution in [2.45, 2.75) is 13.3 Å². The van der Waals surface area contributed by atoms with Crippen LogP contribution in [0, 0.1) is 0 Å². The van der Waals surface area contributed by atoms with E-state index in [-0.39, 0.29) is 0 Å². The highest BCUT2D eigenvalue weighted by Crippen LogP contribution is 2.07. The molecule has 0 bridgehead atoms. The van der Waals surface area contributed by atoms with E-state index < -0.39 is 11.7 Å². The zero-order valence-corrected chi connectivity index (χ0v) is 8.19. The fourth-order valence-corrected chi connectivity index (χ4v) is 1.59. The molecular weight excluding hydrogens is 186 g/mol. The molecule has 1 heterocycles. The summed E-state index contributed by atoms with van der Waals surface area (Å²) >= 11 is 1.65. The number of hydrogen-bond acceptors (Lipinski definition) is 3. The topological polar surface area (TPSA) is 46.2 Å². The van der Waals surface area contributed by atoms with E-state index >= 15 is 0 Å². The maximum atomic E-state index is 10.8. The van der Waals surface area contributed by atoms with Crippen LogP contribution in [0.1, 0.15) is 11.8 Å². The van der Waals surface area contributed by atoms with Crippen molar-refractivity contribution in [2.24, 2.45) is 0 Å². The lowest BCUT2D eigenvalue weighted by Gasteiger charge is -1.99. The minimum absolute atomic E-state index is 0.439. The summed E-state index contributed by atoms with van der Waals surface area (Å²) in [5.74, 6) is -0.942. The van der Waals surface area contributed by atoms with Gasteiger partial charge in [-0.2, -0.15) is 0 Å². The highest BCUT2D eigenvalue weighted by molar-refractivity contribution is 7.09. The average Bonchev–Trinajstić information content (AvgIpc) is 2.56. The van der Waals surface area contributed by atoms with Gasteiger partial charge in [-0.25, -0.2) is 0 Å². The molecule has 1 aromatic heterocycles. The summed E-state index contributed by atoms with van der Waals surface area (Å²) in [4.78, 5) is 22.6. The van der Waals surface area contributed by atoms with Crippen LogP contribution in [0.3, 0.4) is 0 Å². The van der Waals surface area contributed by atoms with Gasteiger partial charge < -0.3 is 5.32 Å². The van der Waals surface area contributed by atoms with Crippen LogP contribution in [-0.4, -0.2) is 18.2 Å². The van der Waals surface area contributed by atoms with E-state index in [9.17, 15) is 9.59 Å². The zero-order chi connectivity index (χ0) is 9.68. The zero-order valence-electron chi connectivity index (χ0n) is 7.37. The van der Waals surface area contributed by atoms with Gasteiger partial charge in [-0.15, -0.1) is 11.3 Å². The molecule has 1 rings (SSSR count). The molecule has 13 heavy (non-hydrogen) atoms. The molecule has 0 atom stereocenters. The number of carbonyl (C=O) groups is 2. The van der Waals surface area contributed by atoms with Gasteiger partial charge in [0.05, 0.1) is 0 Å². The molecule has 3 nitrogen and oxygen atoms in total. The van der Waals surface area contributed by atoms with Crippen molar-refractivity contribution in [2.75, 3.05) is 6.54 Å². The Hall–Kier alpha value is -1.16. The predicted octanol–water partition coefficient (Wildman–Crippen LogP) is 0.996. The average molecular weight is 197 g/mol. The maximum absolute atomic E-state index is 10.8. The second-order valence-electron chi connectivity index (χ2n) is 2.64. The minimum Gasteiger partial charge on any atom is -0.349 e. The first-order chi connectivity index (χ1) is 6.20. The molecule has 0 saturated heterocycles. The number of nitrogens with one attached hydrogen (secondary N) is 1. The molecule has 0 saturated carbocycles. The lowest BCUT2D eigenvalue weighted by molar-refractivity contribution is -0.136. The third kappa shape index (κ3) is 3.38. The largest absolute Gasteiger partial charge is 0.349 e. The molecule has 0 radical (unpaired) electrons. The van der Waals surface area contributed by atoms with Crippen molar-refractivity contribution in [1.29, 1.82) is 0 Å². The molecule has 0 aliphatic heterocycles. The molecule has 70 valence electrons. The SMILES string of the molecule is CC(=O)C(=O)NCCc1cccs1. The number of thiophene rings is 1. The van der Waals surface area contributed by atoms with Crippen LogP contribution in [0.4, 0.5) is 0 Å². The van der Waals surface area contributed by atoms with Crippen LogP contribution in [0.5, 0.6) is 0 Å². The Morgan fingerprint density at radius 2 is 2.31 bits per heavy atom. The minimum atomic E-state index is -0.503.